The van der Waals surface area contributed by atoms with Crippen molar-refractivity contribution in [3.8, 4) is 11.5 Å². The maximum atomic E-state index is 13.7. The summed E-state index contributed by atoms with van der Waals surface area (Å²) in [4.78, 5) is 18.8. The molecule has 0 aromatic heterocycles. The summed E-state index contributed by atoms with van der Waals surface area (Å²) in [5.74, 6) is 2.40. The molecule has 276 valence electrons. The Labute approximate surface area is 307 Å². The smallest absolute Gasteiger partial charge is 0.319 e. The third-order valence-corrected chi connectivity index (χ3v) is 11.3. The number of nitrogens with one attached hydrogen (secondary N) is 2. The number of hydrogen-bond donors (Lipinski definition) is 2. The molecule has 2 saturated heterocycles. The number of anilines is 1. The van der Waals surface area contributed by atoms with E-state index in [-0.39, 0.29) is 17.5 Å². The number of carbonyl (C=O) groups is 1. The van der Waals surface area contributed by atoms with E-state index in [1.54, 1.807) is 0 Å². The lowest BCUT2D eigenvalue weighted by atomic mass is 9.87. The molecular weight excluding hydrogens is 633 g/mol. The zero-order valence-corrected chi connectivity index (χ0v) is 31.7. The van der Waals surface area contributed by atoms with E-state index >= 15 is 0 Å². The van der Waals surface area contributed by atoms with Crippen molar-refractivity contribution in [3.63, 3.8) is 0 Å². The summed E-state index contributed by atoms with van der Waals surface area (Å²) >= 11 is 0. The van der Waals surface area contributed by atoms with Crippen LogP contribution in [0.5, 0.6) is 11.5 Å². The minimum atomic E-state index is -0.324. The van der Waals surface area contributed by atoms with Gasteiger partial charge in [0.1, 0.15) is 11.5 Å². The van der Waals surface area contributed by atoms with Crippen LogP contribution in [0.2, 0.25) is 0 Å². The molecule has 3 fully saturated rings. The Hall–Kier alpha value is -3.55. The highest BCUT2D eigenvalue weighted by Gasteiger charge is 2.57. The summed E-state index contributed by atoms with van der Waals surface area (Å²) in [5, 5.41) is 6.66. The maximum Gasteiger partial charge on any atom is 0.319 e. The maximum absolute atomic E-state index is 13.7. The van der Waals surface area contributed by atoms with Crippen molar-refractivity contribution >= 4 is 11.7 Å². The number of rotatable bonds is 16. The van der Waals surface area contributed by atoms with Crippen LogP contribution < -0.4 is 20.1 Å². The summed E-state index contributed by atoms with van der Waals surface area (Å²) in [6, 6.07) is 23.3. The van der Waals surface area contributed by atoms with Gasteiger partial charge in [0.25, 0.3) is 0 Å². The van der Waals surface area contributed by atoms with Crippen LogP contribution in [0.15, 0.2) is 66.7 Å². The molecule has 1 atom stereocenters. The Morgan fingerprint density at radius 1 is 0.686 bits per heavy atom. The molecule has 3 aromatic carbocycles. The van der Waals surface area contributed by atoms with Gasteiger partial charge >= 0.3 is 6.03 Å². The van der Waals surface area contributed by atoms with Gasteiger partial charge in [0.05, 0.1) is 13.2 Å². The van der Waals surface area contributed by atoms with Gasteiger partial charge in [-0.1, -0.05) is 83.0 Å². The number of benzene rings is 3. The monoisotopic (exact) mass is 694 g/mol. The van der Waals surface area contributed by atoms with Gasteiger partial charge in [-0.15, -0.1) is 0 Å². The van der Waals surface area contributed by atoms with E-state index in [2.05, 4.69) is 115 Å². The second-order valence-electron chi connectivity index (χ2n) is 15.7. The van der Waals surface area contributed by atoms with Crippen molar-refractivity contribution in [2.24, 2.45) is 0 Å². The molecule has 1 unspecified atom stereocenters. The van der Waals surface area contributed by atoms with E-state index in [0.29, 0.717) is 11.8 Å². The molecule has 2 heterocycles. The van der Waals surface area contributed by atoms with Crippen molar-refractivity contribution in [1.29, 1.82) is 0 Å². The number of ether oxygens (including phenoxy) is 2. The number of likely N-dealkylation sites (tertiary alicyclic amines) is 2. The summed E-state index contributed by atoms with van der Waals surface area (Å²) in [6.07, 6.45) is 10.9. The molecule has 1 aliphatic carbocycles. The van der Waals surface area contributed by atoms with E-state index in [4.69, 9.17) is 9.47 Å². The fraction of sp³-hybridized carbons (Fsp3) is 0.568. The van der Waals surface area contributed by atoms with Gasteiger partial charge in [-0.25, -0.2) is 4.79 Å². The highest BCUT2D eigenvalue weighted by molar-refractivity contribution is 5.92. The first kappa shape index (κ1) is 37.2. The first-order valence-electron chi connectivity index (χ1n) is 19.9. The van der Waals surface area contributed by atoms with Crippen molar-refractivity contribution in [3.05, 3.63) is 89.0 Å². The molecule has 0 bridgehead atoms. The standard InChI is InChI=1S/C44H62N4O3/c1-33(2)39-14-11-15-40(34(3)4)42(39)46-43(49)45-41-32-44(41,35-16-20-37(21-17-35)50-30-12-28-47-24-7-5-8-25-47)36-18-22-38(23-19-36)51-31-13-29-48-26-9-6-10-27-48/h11,14-23,33-34,41H,5-10,12-13,24-32H2,1-4H3,(H2,45,46,49). The van der Waals surface area contributed by atoms with E-state index in [9.17, 15) is 4.79 Å². The van der Waals surface area contributed by atoms with Crippen LogP contribution in [0.1, 0.15) is 120 Å². The van der Waals surface area contributed by atoms with Crippen LogP contribution >= 0.6 is 0 Å². The Morgan fingerprint density at radius 2 is 1.14 bits per heavy atom. The highest BCUT2D eigenvalue weighted by Crippen LogP contribution is 2.54. The molecule has 7 nitrogen and oxygen atoms in total. The van der Waals surface area contributed by atoms with Crippen molar-refractivity contribution in [2.75, 3.05) is 57.8 Å². The third kappa shape index (κ3) is 9.66. The zero-order chi connectivity index (χ0) is 35.6. The van der Waals surface area contributed by atoms with Gasteiger partial charge in [-0.05, 0) is 129 Å². The van der Waals surface area contributed by atoms with Crippen molar-refractivity contribution in [2.45, 2.75) is 109 Å². The largest absolute Gasteiger partial charge is 0.494 e. The Balaban J connectivity index is 1.13. The van der Waals surface area contributed by atoms with E-state index in [1.807, 2.05) is 0 Å². The van der Waals surface area contributed by atoms with Gasteiger partial charge in [0.2, 0.25) is 0 Å². The van der Waals surface area contributed by atoms with Gasteiger partial charge in [-0.3, -0.25) is 0 Å². The quantitative estimate of drug-likeness (QED) is 0.146. The first-order valence-corrected chi connectivity index (χ1v) is 19.9. The lowest BCUT2D eigenvalue weighted by Gasteiger charge is -2.26. The molecular formula is C44H62N4O3. The fourth-order valence-electron chi connectivity index (χ4n) is 8.26. The second kappa shape index (κ2) is 17.8. The molecule has 0 spiro atoms. The third-order valence-electron chi connectivity index (χ3n) is 11.3. The van der Waals surface area contributed by atoms with Crippen molar-refractivity contribution in [1.82, 2.24) is 15.1 Å². The summed E-state index contributed by atoms with van der Waals surface area (Å²) < 4.78 is 12.4. The van der Waals surface area contributed by atoms with E-state index in [1.165, 1.54) is 75.8 Å². The molecule has 2 N–H and O–H groups in total. The number of carbonyl (C=O) groups excluding carboxylic acids is 1. The second-order valence-corrected chi connectivity index (χ2v) is 15.7. The minimum Gasteiger partial charge on any atom is -0.494 e. The van der Waals surface area contributed by atoms with Crippen LogP contribution in [-0.4, -0.2) is 74.4 Å². The number of nitrogens with zero attached hydrogens (tertiary/aromatic N) is 2. The molecule has 2 amide bonds. The minimum absolute atomic E-state index is 0.0427. The zero-order valence-electron chi connectivity index (χ0n) is 31.7. The molecule has 3 aliphatic rings. The van der Waals surface area contributed by atoms with Crippen molar-refractivity contribution < 1.29 is 14.3 Å². The van der Waals surface area contributed by atoms with Gasteiger partial charge in [-0.2, -0.15) is 0 Å². The fourth-order valence-corrected chi connectivity index (χ4v) is 8.26. The Kier molecular flexibility index (Phi) is 13.0. The first-order chi connectivity index (χ1) is 24.8. The Bertz CT molecular complexity index is 1430. The molecule has 7 heteroatoms. The molecule has 0 radical (unpaired) electrons. The van der Waals surface area contributed by atoms with Gasteiger partial charge in [0.15, 0.2) is 0 Å². The molecule has 6 rings (SSSR count). The lowest BCUT2D eigenvalue weighted by molar-refractivity contribution is 0.205. The average molecular weight is 695 g/mol. The summed E-state index contributed by atoms with van der Waals surface area (Å²) in [5.41, 5.74) is 5.32. The highest BCUT2D eigenvalue weighted by atomic mass is 16.5. The number of piperidine rings is 2. The normalized spacial score (nSPS) is 19.2. The van der Waals surface area contributed by atoms with Gasteiger partial charge < -0.3 is 29.9 Å². The SMILES string of the molecule is CC(C)c1cccc(C(C)C)c1NC(=O)NC1CC1(c1ccc(OCCCN2CCCCC2)cc1)c1ccc(OCCCN2CCCCC2)cc1. The van der Waals surface area contributed by atoms with Crippen LogP contribution in [0.25, 0.3) is 0 Å². The average Bonchev–Trinajstić information content (AvgIpc) is 3.87. The van der Waals surface area contributed by atoms with Crippen LogP contribution in [-0.2, 0) is 5.41 Å². The summed E-state index contributed by atoms with van der Waals surface area (Å²) in [7, 11) is 0. The van der Waals surface area contributed by atoms with Gasteiger partial charge in [0, 0.05) is 30.2 Å². The number of urea groups is 1. The number of amides is 2. The lowest BCUT2D eigenvalue weighted by Crippen LogP contribution is -2.35. The molecule has 2 aliphatic heterocycles. The molecule has 3 aromatic rings. The molecule has 51 heavy (non-hydrogen) atoms. The van der Waals surface area contributed by atoms with Crippen LogP contribution in [0, 0.1) is 0 Å². The summed E-state index contributed by atoms with van der Waals surface area (Å²) in [6.45, 7) is 17.3. The Morgan fingerprint density at radius 3 is 1.57 bits per heavy atom. The van der Waals surface area contributed by atoms with E-state index in [0.717, 1.165) is 73.9 Å². The predicted molar refractivity (Wildman–Crippen MR) is 210 cm³/mol. The number of para-hydroxylation sites is 1. The predicted octanol–water partition coefficient (Wildman–Crippen LogP) is 9.32. The molecule has 1 saturated carbocycles. The van der Waals surface area contributed by atoms with Crippen LogP contribution in [0.4, 0.5) is 10.5 Å². The topological polar surface area (TPSA) is 66.1 Å². The number of hydrogen-bond acceptors (Lipinski definition) is 5. The van der Waals surface area contributed by atoms with Crippen LogP contribution in [0.3, 0.4) is 0 Å². The van der Waals surface area contributed by atoms with E-state index < -0.39 is 0 Å².